The van der Waals surface area contributed by atoms with Crippen molar-refractivity contribution in [1.82, 2.24) is 14.8 Å². The molecule has 3 rings (SSSR count). The summed E-state index contributed by atoms with van der Waals surface area (Å²) in [7, 11) is 0. The summed E-state index contributed by atoms with van der Waals surface area (Å²) < 4.78 is 7.36. The van der Waals surface area contributed by atoms with Gasteiger partial charge in [0.2, 0.25) is 0 Å². The van der Waals surface area contributed by atoms with Gasteiger partial charge in [-0.25, -0.2) is 9.67 Å². The normalized spacial score (nSPS) is 10.5. The minimum atomic E-state index is 0.469. The van der Waals surface area contributed by atoms with Crippen molar-refractivity contribution in [2.24, 2.45) is 5.73 Å². The zero-order valence-electron chi connectivity index (χ0n) is 11.5. The first-order valence-corrected chi connectivity index (χ1v) is 6.78. The molecule has 0 fully saturated rings. The summed E-state index contributed by atoms with van der Waals surface area (Å²) in [6.07, 6.45) is 1.69. The number of para-hydroxylation sites is 2. The largest absolute Gasteiger partial charge is 0.490 e. The number of aromatic nitrogens is 3. The summed E-state index contributed by atoms with van der Waals surface area (Å²) in [4.78, 5) is 4.36. The first-order chi connectivity index (χ1) is 10.4. The molecule has 106 valence electrons. The van der Waals surface area contributed by atoms with Crippen molar-refractivity contribution >= 4 is 0 Å². The molecule has 0 unspecified atom stereocenters. The summed E-state index contributed by atoms with van der Waals surface area (Å²) in [6, 6.07) is 17.6. The first kappa shape index (κ1) is 13.3. The van der Waals surface area contributed by atoms with E-state index in [9.17, 15) is 0 Å². The second-order valence-corrected chi connectivity index (χ2v) is 4.48. The van der Waals surface area contributed by atoms with Crippen LogP contribution in [-0.4, -0.2) is 27.9 Å². The fraction of sp³-hybridized carbons (Fsp3) is 0.125. The Morgan fingerprint density at radius 3 is 2.57 bits per heavy atom. The van der Waals surface area contributed by atoms with Gasteiger partial charge in [0.1, 0.15) is 24.4 Å². The van der Waals surface area contributed by atoms with Crippen LogP contribution in [0.4, 0.5) is 0 Å². The second-order valence-electron chi connectivity index (χ2n) is 4.48. The molecule has 0 bridgehead atoms. The SMILES string of the molecule is NCCOc1ccccc1-n1cnc(-c2ccccc2)n1. The van der Waals surface area contributed by atoms with Crippen LogP contribution >= 0.6 is 0 Å². The Labute approximate surface area is 123 Å². The Bertz CT molecular complexity index is 709. The number of hydrogen-bond acceptors (Lipinski definition) is 4. The average molecular weight is 280 g/mol. The molecular weight excluding hydrogens is 264 g/mol. The van der Waals surface area contributed by atoms with Crippen molar-refractivity contribution in [2.45, 2.75) is 0 Å². The molecule has 5 heteroatoms. The van der Waals surface area contributed by atoms with Gasteiger partial charge in [-0.1, -0.05) is 42.5 Å². The highest BCUT2D eigenvalue weighted by Crippen LogP contribution is 2.23. The number of rotatable bonds is 5. The second kappa shape index (κ2) is 6.19. The molecule has 0 aliphatic carbocycles. The zero-order chi connectivity index (χ0) is 14.5. The van der Waals surface area contributed by atoms with E-state index in [2.05, 4.69) is 10.1 Å². The van der Waals surface area contributed by atoms with Crippen LogP contribution < -0.4 is 10.5 Å². The Kier molecular flexibility index (Phi) is 3.93. The van der Waals surface area contributed by atoms with Crippen LogP contribution in [0.5, 0.6) is 5.75 Å². The summed E-state index contributed by atoms with van der Waals surface area (Å²) >= 11 is 0. The predicted octanol–water partition coefficient (Wildman–Crippen LogP) is 2.27. The lowest BCUT2D eigenvalue weighted by atomic mass is 10.2. The van der Waals surface area contributed by atoms with E-state index >= 15 is 0 Å². The summed E-state index contributed by atoms with van der Waals surface area (Å²) in [5, 5.41) is 4.51. The third kappa shape index (κ3) is 2.93. The van der Waals surface area contributed by atoms with Gasteiger partial charge in [-0.05, 0) is 12.1 Å². The molecule has 5 nitrogen and oxygen atoms in total. The van der Waals surface area contributed by atoms with Gasteiger partial charge in [0.15, 0.2) is 5.82 Å². The van der Waals surface area contributed by atoms with Gasteiger partial charge in [0.05, 0.1) is 0 Å². The highest BCUT2D eigenvalue weighted by molar-refractivity contribution is 5.54. The van der Waals surface area contributed by atoms with Crippen LogP contribution in [0.1, 0.15) is 0 Å². The lowest BCUT2D eigenvalue weighted by Gasteiger charge is -2.09. The Balaban J connectivity index is 1.93. The lowest BCUT2D eigenvalue weighted by molar-refractivity contribution is 0.326. The van der Waals surface area contributed by atoms with E-state index in [-0.39, 0.29) is 0 Å². The Hall–Kier alpha value is -2.66. The van der Waals surface area contributed by atoms with Crippen molar-refractivity contribution in [3.8, 4) is 22.8 Å². The Morgan fingerprint density at radius 2 is 1.76 bits per heavy atom. The van der Waals surface area contributed by atoms with E-state index in [1.807, 2.05) is 54.6 Å². The smallest absolute Gasteiger partial charge is 0.181 e. The highest BCUT2D eigenvalue weighted by Gasteiger charge is 2.09. The maximum Gasteiger partial charge on any atom is 0.181 e. The van der Waals surface area contributed by atoms with Gasteiger partial charge < -0.3 is 10.5 Å². The van der Waals surface area contributed by atoms with E-state index in [1.54, 1.807) is 11.0 Å². The molecule has 0 aliphatic heterocycles. The molecule has 1 aromatic heterocycles. The molecule has 0 spiro atoms. The summed E-state index contributed by atoms with van der Waals surface area (Å²) in [5.74, 6) is 1.43. The maximum atomic E-state index is 5.64. The molecule has 0 aliphatic rings. The van der Waals surface area contributed by atoms with Crippen LogP contribution in [0, 0.1) is 0 Å². The van der Waals surface area contributed by atoms with Crippen LogP contribution in [-0.2, 0) is 0 Å². The number of nitrogens with zero attached hydrogens (tertiary/aromatic N) is 3. The van der Waals surface area contributed by atoms with Gasteiger partial charge >= 0.3 is 0 Å². The monoisotopic (exact) mass is 280 g/mol. The molecule has 1 heterocycles. The fourth-order valence-corrected chi connectivity index (χ4v) is 2.04. The van der Waals surface area contributed by atoms with Crippen LogP contribution in [0.25, 0.3) is 17.1 Å². The van der Waals surface area contributed by atoms with Gasteiger partial charge in [-0.3, -0.25) is 0 Å². The third-order valence-electron chi connectivity index (χ3n) is 3.01. The summed E-state index contributed by atoms with van der Waals surface area (Å²) in [5.41, 5.74) is 7.32. The standard InChI is InChI=1S/C16H16N4O/c17-10-11-21-15-9-5-4-8-14(15)20-12-18-16(19-20)13-6-2-1-3-7-13/h1-9,12H,10-11,17H2. The number of hydrogen-bond donors (Lipinski definition) is 1. The molecule has 0 saturated carbocycles. The molecular formula is C16H16N4O. The molecule has 0 amide bonds. The molecule has 0 saturated heterocycles. The maximum absolute atomic E-state index is 5.64. The molecule has 3 aromatic rings. The minimum Gasteiger partial charge on any atom is -0.490 e. The van der Waals surface area contributed by atoms with Gasteiger partial charge in [-0.15, -0.1) is 5.10 Å². The van der Waals surface area contributed by atoms with Crippen LogP contribution in [0.2, 0.25) is 0 Å². The van der Waals surface area contributed by atoms with E-state index < -0.39 is 0 Å². The van der Waals surface area contributed by atoms with Gasteiger partial charge in [-0.2, -0.15) is 0 Å². The number of benzene rings is 2. The topological polar surface area (TPSA) is 66.0 Å². The zero-order valence-corrected chi connectivity index (χ0v) is 11.5. The van der Waals surface area contributed by atoms with Crippen molar-refractivity contribution in [3.63, 3.8) is 0 Å². The average Bonchev–Trinajstić information content (AvgIpc) is 3.04. The highest BCUT2D eigenvalue weighted by atomic mass is 16.5. The number of ether oxygens (including phenoxy) is 1. The van der Waals surface area contributed by atoms with Crippen molar-refractivity contribution in [1.29, 1.82) is 0 Å². The quantitative estimate of drug-likeness (QED) is 0.778. The Morgan fingerprint density at radius 1 is 1.00 bits per heavy atom. The van der Waals surface area contributed by atoms with Crippen LogP contribution in [0.3, 0.4) is 0 Å². The van der Waals surface area contributed by atoms with E-state index in [4.69, 9.17) is 10.5 Å². The number of nitrogens with two attached hydrogens (primary N) is 1. The molecule has 2 aromatic carbocycles. The van der Waals surface area contributed by atoms with Gasteiger partial charge in [0.25, 0.3) is 0 Å². The molecule has 0 atom stereocenters. The van der Waals surface area contributed by atoms with Crippen molar-refractivity contribution in [3.05, 3.63) is 60.9 Å². The summed E-state index contributed by atoms with van der Waals surface area (Å²) in [6.45, 7) is 0.943. The minimum absolute atomic E-state index is 0.469. The fourth-order valence-electron chi connectivity index (χ4n) is 2.04. The molecule has 0 radical (unpaired) electrons. The van der Waals surface area contributed by atoms with Gasteiger partial charge in [0, 0.05) is 12.1 Å². The first-order valence-electron chi connectivity index (χ1n) is 6.78. The lowest BCUT2D eigenvalue weighted by Crippen LogP contribution is -2.12. The molecule has 21 heavy (non-hydrogen) atoms. The molecule has 2 N–H and O–H groups in total. The third-order valence-corrected chi connectivity index (χ3v) is 3.01. The van der Waals surface area contributed by atoms with E-state index in [0.29, 0.717) is 19.0 Å². The van der Waals surface area contributed by atoms with E-state index in [0.717, 1.165) is 17.0 Å². The van der Waals surface area contributed by atoms with Crippen LogP contribution in [0.15, 0.2) is 60.9 Å². The van der Waals surface area contributed by atoms with Crippen molar-refractivity contribution in [2.75, 3.05) is 13.2 Å². The predicted molar refractivity (Wildman–Crippen MR) is 81.3 cm³/mol. The van der Waals surface area contributed by atoms with Crippen molar-refractivity contribution < 1.29 is 4.74 Å². The van der Waals surface area contributed by atoms with E-state index in [1.165, 1.54) is 0 Å².